The fourth-order valence-corrected chi connectivity index (χ4v) is 1.05. The lowest BCUT2D eigenvalue weighted by Gasteiger charge is -2.07. The van der Waals surface area contributed by atoms with Crippen molar-refractivity contribution in [1.82, 2.24) is 5.32 Å². The van der Waals surface area contributed by atoms with Crippen molar-refractivity contribution in [3.05, 3.63) is 24.3 Å². The molecule has 0 unspecified atom stereocenters. The average molecular weight is 210 g/mol. The Labute approximate surface area is 88.1 Å². The van der Waals surface area contributed by atoms with Crippen LogP contribution in [0.5, 0.6) is 5.75 Å². The number of aliphatic hydroxyl groups is 1. The summed E-state index contributed by atoms with van der Waals surface area (Å²) in [5.74, 6) is 0.676. The number of urea groups is 1. The summed E-state index contributed by atoms with van der Waals surface area (Å²) in [5.41, 5.74) is 0.643. The standard InChI is InChI=1S/C10H14N2O3/c1-15-9-4-2-3-8(7-9)12-10(14)11-5-6-13/h2-4,7,13H,5-6H2,1H3,(H2,11,12,14). The minimum atomic E-state index is -0.350. The van der Waals surface area contributed by atoms with Crippen molar-refractivity contribution in [1.29, 1.82) is 0 Å². The lowest BCUT2D eigenvalue weighted by molar-refractivity contribution is 0.245. The number of aliphatic hydroxyl groups excluding tert-OH is 1. The fraction of sp³-hybridized carbons (Fsp3) is 0.300. The Morgan fingerprint density at radius 1 is 1.53 bits per heavy atom. The number of amides is 2. The monoisotopic (exact) mass is 210 g/mol. The molecule has 0 aromatic heterocycles. The molecule has 82 valence electrons. The Hall–Kier alpha value is -1.75. The van der Waals surface area contributed by atoms with E-state index in [2.05, 4.69) is 10.6 Å². The van der Waals surface area contributed by atoms with Crippen LogP contribution < -0.4 is 15.4 Å². The Morgan fingerprint density at radius 3 is 3.00 bits per heavy atom. The first kappa shape index (κ1) is 11.3. The molecular weight excluding hydrogens is 196 g/mol. The van der Waals surface area contributed by atoms with Gasteiger partial charge in [0.2, 0.25) is 0 Å². The van der Waals surface area contributed by atoms with Gasteiger partial charge in [-0.25, -0.2) is 4.79 Å². The van der Waals surface area contributed by atoms with E-state index in [1.165, 1.54) is 0 Å². The van der Waals surface area contributed by atoms with Crippen LogP contribution in [0.2, 0.25) is 0 Å². The highest BCUT2D eigenvalue weighted by Gasteiger charge is 2.00. The summed E-state index contributed by atoms with van der Waals surface area (Å²) in [6.45, 7) is 0.154. The summed E-state index contributed by atoms with van der Waals surface area (Å²) in [6.07, 6.45) is 0. The number of hydrogen-bond donors (Lipinski definition) is 3. The third kappa shape index (κ3) is 3.86. The van der Waals surface area contributed by atoms with E-state index in [9.17, 15) is 4.79 Å². The molecule has 1 aromatic carbocycles. The summed E-state index contributed by atoms with van der Waals surface area (Å²) in [6, 6.07) is 6.67. The molecule has 5 nitrogen and oxygen atoms in total. The topological polar surface area (TPSA) is 70.6 Å². The van der Waals surface area contributed by atoms with Crippen molar-refractivity contribution >= 4 is 11.7 Å². The Balaban J connectivity index is 2.52. The van der Waals surface area contributed by atoms with E-state index < -0.39 is 0 Å². The van der Waals surface area contributed by atoms with Crippen LogP contribution in [0.1, 0.15) is 0 Å². The Morgan fingerprint density at radius 2 is 2.33 bits per heavy atom. The van der Waals surface area contributed by atoms with Gasteiger partial charge in [-0.15, -0.1) is 0 Å². The summed E-state index contributed by atoms with van der Waals surface area (Å²) < 4.78 is 5.01. The first-order valence-corrected chi connectivity index (χ1v) is 4.56. The van der Waals surface area contributed by atoms with E-state index in [0.29, 0.717) is 11.4 Å². The summed E-state index contributed by atoms with van der Waals surface area (Å²) >= 11 is 0. The van der Waals surface area contributed by atoms with E-state index >= 15 is 0 Å². The minimum absolute atomic E-state index is 0.0778. The van der Waals surface area contributed by atoms with E-state index in [-0.39, 0.29) is 19.2 Å². The van der Waals surface area contributed by atoms with Gasteiger partial charge in [-0.3, -0.25) is 0 Å². The molecule has 2 amide bonds. The molecule has 3 N–H and O–H groups in total. The van der Waals surface area contributed by atoms with Crippen LogP contribution >= 0.6 is 0 Å². The van der Waals surface area contributed by atoms with Gasteiger partial charge in [0, 0.05) is 18.3 Å². The van der Waals surface area contributed by atoms with Gasteiger partial charge in [0.15, 0.2) is 0 Å². The molecule has 0 heterocycles. The predicted octanol–water partition coefficient (Wildman–Crippen LogP) is 0.809. The zero-order valence-electron chi connectivity index (χ0n) is 8.49. The fourth-order valence-electron chi connectivity index (χ4n) is 1.05. The zero-order valence-corrected chi connectivity index (χ0v) is 8.49. The van der Waals surface area contributed by atoms with E-state index in [0.717, 1.165) is 0 Å². The quantitative estimate of drug-likeness (QED) is 0.688. The molecule has 0 aliphatic rings. The highest BCUT2D eigenvalue weighted by Crippen LogP contribution is 2.16. The molecule has 1 rings (SSSR count). The van der Waals surface area contributed by atoms with E-state index in [1.54, 1.807) is 31.4 Å². The van der Waals surface area contributed by atoms with Crippen LogP contribution in [0.3, 0.4) is 0 Å². The van der Waals surface area contributed by atoms with Gasteiger partial charge in [0.25, 0.3) is 0 Å². The van der Waals surface area contributed by atoms with Crippen molar-refractivity contribution in [2.75, 3.05) is 25.6 Å². The normalized spacial score (nSPS) is 9.47. The molecule has 0 fully saturated rings. The van der Waals surface area contributed by atoms with Crippen molar-refractivity contribution in [2.24, 2.45) is 0 Å². The average Bonchev–Trinajstić information content (AvgIpc) is 2.26. The SMILES string of the molecule is COc1cccc(NC(=O)NCCO)c1. The summed E-state index contributed by atoms with van der Waals surface area (Å²) in [4.78, 5) is 11.2. The number of anilines is 1. The maximum atomic E-state index is 11.2. The number of carbonyl (C=O) groups is 1. The van der Waals surface area contributed by atoms with E-state index in [1.807, 2.05) is 0 Å². The second-order valence-electron chi connectivity index (χ2n) is 2.84. The largest absolute Gasteiger partial charge is 0.497 e. The highest BCUT2D eigenvalue weighted by molar-refractivity contribution is 5.89. The molecule has 0 bridgehead atoms. The lowest BCUT2D eigenvalue weighted by atomic mass is 10.3. The van der Waals surface area contributed by atoms with Gasteiger partial charge >= 0.3 is 6.03 Å². The van der Waals surface area contributed by atoms with Crippen LogP contribution in [0.4, 0.5) is 10.5 Å². The summed E-state index contributed by atoms with van der Waals surface area (Å²) in [7, 11) is 1.56. The first-order chi connectivity index (χ1) is 7.26. The number of ether oxygens (including phenoxy) is 1. The third-order valence-electron chi connectivity index (χ3n) is 1.72. The smallest absolute Gasteiger partial charge is 0.319 e. The van der Waals surface area contributed by atoms with Crippen LogP contribution in [0.25, 0.3) is 0 Å². The molecule has 0 saturated carbocycles. The molecular formula is C10H14N2O3. The predicted molar refractivity (Wildman–Crippen MR) is 57.1 cm³/mol. The molecule has 0 aliphatic carbocycles. The van der Waals surface area contributed by atoms with Crippen molar-refractivity contribution in [2.45, 2.75) is 0 Å². The number of methoxy groups -OCH3 is 1. The number of benzene rings is 1. The number of carbonyl (C=O) groups excluding carboxylic acids is 1. The van der Waals surface area contributed by atoms with Gasteiger partial charge in [-0.2, -0.15) is 0 Å². The maximum Gasteiger partial charge on any atom is 0.319 e. The number of hydrogen-bond acceptors (Lipinski definition) is 3. The van der Waals surface area contributed by atoms with Crippen molar-refractivity contribution in [3.63, 3.8) is 0 Å². The minimum Gasteiger partial charge on any atom is -0.497 e. The first-order valence-electron chi connectivity index (χ1n) is 4.56. The maximum absolute atomic E-state index is 11.2. The zero-order chi connectivity index (χ0) is 11.1. The number of nitrogens with one attached hydrogen (secondary N) is 2. The van der Waals surface area contributed by atoms with E-state index in [4.69, 9.17) is 9.84 Å². The van der Waals surface area contributed by atoms with Crippen LogP contribution in [-0.2, 0) is 0 Å². The van der Waals surface area contributed by atoms with Crippen molar-refractivity contribution < 1.29 is 14.6 Å². The van der Waals surface area contributed by atoms with Crippen LogP contribution in [0, 0.1) is 0 Å². The second-order valence-corrected chi connectivity index (χ2v) is 2.84. The molecule has 1 aromatic rings. The van der Waals surface area contributed by atoms with Gasteiger partial charge in [0.05, 0.1) is 13.7 Å². The Kier molecular flexibility index (Phi) is 4.43. The molecule has 0 saturated heterocycles. The van der Waals surface area contributed by atoms with Crippen molar-refractivity contribution in [3.8, 4) is 5.75 Å². The molecule has 0 atom stereocenters. The van der Waals surface area contributed by atoms with Gasteiger partial charge < -0.3 is 20.5 Å². The van der Waals surface area contributed by atoms with Crippen LogP contribution in [-0.4, -0.2) is 31.4 Å². The summed E-state index contributed by atoms with van der Waals surface area (Å²) in [5, 5.41) is 13.6. The molecule has 5 heteroatoms. The van der Waals surface area contributed by atoms with Gasteiger partial charge in [-0.05, 0) is 12.1 Å². The molecule has 0 radical (unpaired) electrons. The molecule has 0 spiro atoms. The van der Waals surface area contributed by atoms with Gasteiger partial charge in [0.1, 0.15) is 5.75 Å². The highest BCUT2D eigenvalue weighted by atomic mass is 16.5. The second kappa shape index (κ2) is 5.87. The van der Waals surface area contributed by atoms with Gasteiger partial charge in [-0.1, -0.05) is 6.07 Å². The molecule has 0 aliphatic heterocycles. The lowest BCUT2D eigenvalue weighted by Crippen LogP contribution is -2.30. The molecule has 15 heavy (non-hydrogen) atoms. The van der Waals surface area contributed by atoms with Crippen LogP contribution in [0.15, 0.2) is 24.3 Å². The Bertz CT molecular complexity index is 328. The number of rotatable bonds is 4. The third-order valence-corrected chi connectivity index (χ3v) is 1.72.